The summed E-state index contributed by atoms with van der Waals surface area (Å²) >= 11 is 0. The zero-order chi connectivity index (χ0) is 14.7. The monoisotopic (exact) mass is 283 g/mol. The lowest BCUT2D eigenvalue weighted by atomic mass is 10.1. The number of methoxy groups -OCH3 is 1. The van der Waals surface area contributed by atoms with E-state index in [0.717, 1.165) is 0 Å². The highest BCUT2D eigenvalue weighted by Gasteiger charge is 2.30. The molecule has 5 nitrogen and oxygen atoms in total. The summed E-state index contributed by atoms with van der Waals surface area (Å²) < 4.78 is 23.6. The minimum Gasteiger partial charge on any atom is -0.494 e. The molecule has 0 spiro atoms. The Balaban J connectivity index is 2.21. The fourth-order valence-corrected chi connectivity index (χ4v) is 2.17. The van der Waals surface area contributed by atoms with Gasteiger partial charge in [-0.3, -0.25) is 4.79 Å². The number of rotatable bonds is 3. The zero-order valence-corrected chi connectivity index (χ0v) is 11.5. The maximum atomic E-state index is 13.4. The van der Waals surface area contributed by atoms with Crippen molar-refractivity contribution in [3.05, 3.63) is 29.6 Å². The molecule has 0 bridgehead atoms. The second-order valence-electron chi connectivity index (χ2n) is 4.79. The van der Waals surface area contributed by atoms with Crippen LogP contribution >= 0.6 is 0 Å². The van der Waals surface area contributed by atoms with Gasteiger partial charge in [0.2, 0.25) is 0 Å². The third kappa shape index (κ3) is 2.91. The molecule has 1 aromatic carbocycles. The van der Waals surface area contributed by atoms with Gasteiger partial charge in [-0.25, -0.2) is 4.39 Å². The minimum atomic E-state index is -0.507. The number of benzene rings is 1. The van der Waals surface area contributed by atoms with Gasteiger partial charge in [-0.05, 0) is 25.1 Å². The van der Waals surface area contributed by atoms with Gasteiger partial charge in [0.05, 0.1) is 32.5 Å². The molecule has 1 aromatic rings. The first kappa shape index (κ1) is 14.7. The summed E-state index contributed by atoms with van der Waals surface area (Å²) in [7, 11) is 1.35. The number of amides is 1. The van der Waals surface area contributed by atoms with E-state index >= 15 is 0 Å². The van der Waals surface area contributed by atoms with Gasteiger partial charge in [0.15, 0.2) is 11.6 Å². The van der Waals surface area contributed by atoms with E-state index < -0.39 is 5.82 Å². The van der Waals surface area contributed by atoms with Crippen molar-refractivity contribution in [3.63, 3.8) is 0 Å². The van der Waals surface area contributed by atoms with E-state index in [-0.39, 0.29) is 30.4 Å². The van der Waals surface area contributed by atoms with E-state index in [1.54, 1.807) is 4.90 Å². The Morgan fingerprint density at radius 1 is 1.60 bits per heavy atom. The lowest BCUT2D eigenvalue weighted by Crippen LogP contribution is -2.52. The SMILES string of the molecule is COc1cc(C(=O)N2CC(CO)OCC2C)ccc1F. The molecule has 0 saturated carbocycles. The highest BCUT2D eigenvalue weighted by atomic mass is 19.1. The molecule has 0 aliphatic carbocycles. The van der Waals surface area contributed by atoms with Crippen LogP contribution in [0.4, 0.5) is 4.39 Å². The average Bonchev–Trinajstić information content (AvgIpc) is 2.47. The maximum Gasteiger partial charge on any atom is 0.254 e. The van der Waals surface area contributed by atoms with Gasteiger partial charge in [-0.15, -0.1) is 0 Å². The molecule has 6 heteroatoms. The summed E-state index contributed by atoms with van der Waals surface area (Å²) in [5.41, 5.74) is 0.355. The predicted molar refractivity (Wildman–Crippen MR) is 70.3 cm³/mol. The molecular weight excluding hydrogens is 265 g/mol. The van der Waals surface area contributed by atoms with E-state index in [0.29, 0.717) is 18.7 Å². The largest absolute Gasteiger partial charge is 0.494 e. The van der Waals surface area contributed by atoms with Crippen LogP contribution in [0.2, 0.25) is 0 Å². The Morgan fingerprint density at radius 3 is 3.00 bits per heavy atom. The summed E-state index contributed by atoms with van der Waals surface area (Å²) in [6, 6.07) is 3.92. The van der Waals surface area contributed by atoms with Gasteiger partial charge in [0.25, 0.3) is 5.91 Å². The molecule has 1 saturated heterocycles. The summed E-state index contributed by atoms with van der Waals surface area (Å²) in [6.45, 7) is 2.42. The minimum absolute atomic E-state index is 0.0375. The molecule has 1 amide bonds. The topological polar surface area (TPSA) is 59.0 Å². The second-order valence-corrected chi connectivity index (χ2v) is 4.79. The van der Waals surface area contributed by atoms with Gasteiger partial charge >= 0.3 is 0 Å². The number of aliphatic hydroxyl groups is 1. The van der Waals surface area contributed by atoms with Crippen molar-refractivity contribution in [3.8, 4) is 5.75 Å². The molecule has 110 valence electrons. The van der Waals surface area contributed by atoms with Crippen molar-refractivity contribution >= 4 is 5.91 Å². The molecule has 1 fully saturated rings. The highest BCUT2D eigenvalue weighted by molar-refractivity contribution is 5.95. The molecule has 20 heavy (non-hydrogen) atoms. The van der Waals surface area contributed by atoms with Crippen LogP contribution in [0.3, 0.4) is 0 Å². The fourth-order valence-electron chi connectivity index (χ4n) is 2.17. The van der Waals surface area contributed by atoms with Crippen LogP contribution in [-0.2, 0) is 4.74 Å². The Morgan fingerprint density at radius 2 is 2.35 bits per heavy atom. The molecule has 2 unspecified atom stereocenters. The Bertz CT molecular complexity index is 494. The Labute approximate surface area is 116 Å². The van der Waals surface area contributed by atoms with E-state index in [1.165, 1.54) is 25.3 Å². The molecular formula is C14H18FNO4. The van der Waals surface area contributed by atoms with Crippen LogP contribution in [-0.4, -0.2) is 54.9 Å². The number of hydrogen-bond acceptors (Lipinski definition) is 4. The smallest absolute Gasteiger partial charge is 0.254 e. The summed E-state index contributed by atoms with van der Waals surface area (Å²) in [5.74, 6) is -0.694. The first-order valence-corrected chi connectivity index (χ1v) is 6.43. The first-order valence-electron chi connectivity index (χ1n) is 6.43. The molecule has 1 aliphatic heterocycles. The van der Waals surface area contributed by atoms with Crippen molar-refractivity contribution in [2.75, 3.05) is 26.9 Å². The standard InChI is InChI=1S/C14H18FNO4/c1-9-8-20-11(7-17)6-16(9)14(18)10-3-4-12(15)13(5-10)19-2/h3-5,9,11,17H,6-8H2,1-2H3. The third-order valence-corrected chi connectivity index (χ3v) is 3.37. The van der Waals surface area contributed by atoms with Gasteiger partial charge in [0, 0.05) is 12.1 Å². The molecule has 0 aromatic heterocycles. The number of ether oxygens (including phenoxy) is 2. The second kappa shape index (κ2) is 6.19. The average molecular weight is 283 g/mol. The van der Waals surface area contributed by atoms with Crippen LogP contribution < -0.4 is 4.74 Å². The van der Waals surface area contributed by atoms with Crippen LogP contribution in [0.5, 0.6) is 5.75 Å². The lowest BCUT2D eigenvalue weighted by Gasteiger charge is -2.37. The van der Waals surface area contributed by atoms with Crippen LogP contribution in [0.1, 0.15) is 17.3 Å². The van der Waals surface area contributed by atoms with E-state index in [2.05, 4.69) is 0 Å². The van der Waals surface area contributed by atoms with Crippen molar-refractivity contribution < 1.29 is 23.8 Å². The molecule has 1 N–H and O–H groups in total. The first-order chi connectivity index (χ1) is 9.56. The number of carbonyl (C=O) groups excluding carboxylic acids is 1. The fraction of sp³-hybridized carbons (Fsp3) is 0.500. The Hall–Kier alpha value is -1.66. The normalized spacial score (nSPS) is 22.7. The van der Waals surface area contributed by atoms with Gasteiger partial charge < -0.3 is 19.5 Å². The number of morpholine rings is 1. The summed E-state index contributed by atoms with van der Waals surface area (Å²) in [6.07, 6.45) is -0.377. The van der Waals surface area contributed by atoms with Crippen molar-refractivity contribution in [1.82, 2.24) is 4.90 Å². The van der Waals surface area contributed by atoms with E-state index in [4.69, 9.17) is 14.6 Å². The molecule has 2 atom stereocenters. The molecule has 1 aliphatic rings. The van der Waals surface area contributed by atoms with Gasteiger partial charge in [-0.2, -0.15) is 0 Å². The van der Waals surface area contributed by atoms with Crippen LogP contribution in [0, 0.1) is 5.82 Å². The zero-order valence-electron chi connectivity index (χ0n) is 11.5. The lowest BCUT2D eigenvalue weighted by molar-refractivity contribution is -0.0667. The van der Waals surface area contributed by atoms with Gasteiger partial charge in [-0.1, -0.05) is 0 Å². The van der Waals surface area contributed by atoms with E-state index in [9.17, 15) is 9.18 Å². The summed E-state index contributed by atoms with van der Waals surface area (Å²) in [5, 5.41) is 9.13. The van der Waals surface area contributed by atoms with Gasteiger partial charge in [0.1, 0.15) is 0 Å². The molecule has 0 radical (unpaired) electrons. The van der Waals surface area contributed by atoms with Crippen LogP contribution in [0.25, 0.3) is 0 Å². The maximum absolute atomic E-state index is 13.4. The van der Waals surface area contributed by atoms with Crippen molar-refractivity contribution in [2.45, 2.75) is 19.1 Å². The van der Waals surface area contributed by atoms with Crippen molar-refractivity contribution in [2.24, 2.45) is 0 Å². The highest BCUT2D eigenvalue weighted by Crippen LogP contribution is 2.21. The molecule has 2 rings (SSSR count). The van der Waals surface area contributed by atoms with E-state index in [1.807, 2.05) is 6.92 Å². The molecule has 1 heterocycles. The van der Waals surface area contributed by atoms with Crippen LogP contribution in [0.15, 0.2) is 18.2 Å². The number of nitrogens with zero attached hydrogens (tertiary/aromatic N) is 1. The van der Waals surface area contributed by atoms with Crippen molar-refractivity contribution in [1.29, 1.82) is 0 Å². The predicted octanol–water partition coefficient (Wildman–Crippen LogP) is 1.06. The third-order valence-electron chi connectivity index (χ3n) is 3.37. The number of hydrogen-bond donors (Lipinski definition) is 1. The Kier molecular flexibility index (Phi) is 4.57. The number of halogens is 1. The summed E-state index contributed by atoms with van der Waals surface area (Å²) in [4.78, 5) is 14.1. The number of aliphatic hydroxyl groups excluding tert-OH is 1. The number of carbonyl (C=O) groups is 1. The quantitative estimate of drug-likeness (QED) is 0.901.